The second-order valence-corrected chi connectivity index (χ2v) is 9.46. The first kappa shape index (κ1) is 18.8. The molecule has 1 aliphatic rings. The predicted molar refractivity (Wildman–Crippen MR) is 103 cm³/mol. The number of amides is 1. The number of hydrazone groups is 1. The molecule has 0 radical (unpaired) electrons. The van der Waals surface area contributed by atoms with Crippen molar-refractivity contribution in [2.45, 2.75) is 24.7 Å². The van der Waals surface area contributed by atoms with E-state index >= 15 is 0 Å². The molecule has 26 heavy (non-hydrogen) atoms. The highest BCUT2D eigenvalue weighted by molar-refractivity contribution is 7.89. The summed E-state index contributed by atoms with van der Waals surface area (Å²) in [5.41, 5.74) is 2.54. The Labute approximate surface area is 157 Å². The number of carbonyl (C=O) groups excluding carboxylic acids is 1. The molecule has 0 unspecified atom stereocenters. The summed E-state index contributed by atoms with van der Waals surface area (Å²) in [6.45, 7) is 2.61. The van der Waals surface area contributed by atoms with E-state index in [0.717, 1.165) is 4.88 Å². The summed E-state index contributed by atoms with van der Waals surface area (Å²) in [5.74, 6) is -0.646. The molecule has 1 aromatic heterocycles. The van der Waals surface area contributed by atoms with E-state index in [9.17, 15) is 13.2 Å². The van der Waals surface area contributed by atoms with Crippen molar-refractivity contribution in [1.82, 2.24) is 9.73 Å². The van der Waals surface area contributed by atoms with Gasteiger partial charge in [-0.15, -0.1) is 11.3 Å². The number of piperidine rings is 1. The van der Waals surface area contributed by atoms with Crippen LogP contribution in [0.2, 0.25) is 0 Å². The van der Waals surface area contributed by atoms with Crippen LogP contribution in [-0.2, 0) is 14.8 Å². The van der Waals surface area contributed by atoms with Gasteiger partial charge in [0.2, 0.25) is 15.9 Å². The van der Waals surface area contributed by atoms with Crippen molar-refractivity contribution in [2.75, 3.05) is 13.1 Å². The van der Waals surface area contributed by atoms with Crippen LogP contribution in [0.4, 0.5) is 0 Å². The number of rotatable bonds is 5. The second-order valence-electron chi connectivity index (χ2n) is 6.20. The van der Waals surface area contributed by atoms with E-state index in [1.807, 2.05) is 19.1 Å². The molecule has 1 aromatic carbocycles. The smallest absolute Gasteiger partial charge is 0.244 e. The maximum absolute atomic E-state index is 12.7. The molecule has 3 rings (SSSR count). The lowest BCUT2D eigenvalue weighted by molar-refractivity contribution is -0.126. The van der Waals surface area contributed by atoms with Gasteiger partial charge in [-0.3, -0.25) is 4.79 Å². The van der Waals surface area contributed by atoms with Crippen LogP contribution in [0, 0.1) is 12.8 Å². The van der Waals surface area contributed by atoms with E-state index in [1.54, 1.807) is 47.9 Å². The predicted octanol–water partition coefficient (Wildman–Crippen LogP) is 2.61. The number of sulfonamides is 1. The standard InChI is InChI=1S/C18H21N3O3S2/c1-14-9-10-16(25-14)12-19-20-18(22)15-6-5-11-21(13-15)26(23,24)17-7-3-2-4-8-17/h2-4,7-10,12,15H,5-6,11,13H2,1H3,(H,20,22)/b19-12-/t15-/m1/s1. The van der Waals surface area contributed by atoms with Crippen molar-refractivity contribution < 1.29 is 13.2 Å². The van der Waals surface area contributed by atoms with Crippen molar-refractivity contribution >= 4 is 33.5 Å². The zero-order valence-corrected chi connectivity index (χ0v) is 16.1. The van der Waals surface area contributed by atoms with Gasteiger partial charge >= 0.3 is 0 Å². The Morgan fingerprint density at radius 2 is 2.04 bits per heavy atom. The maximum Gasteiger partial charge on any atom is 0.244 e. The molecule has 8 heteroatoms. The molecule has 1 aliphatic heterocycles. The maximum atomic E-state index is 12.7. The van der Waals surface area contributed by atoms with Crippen molar-refractivity contribution in [1.29, 1.82) is 0 Å². The van der Waals surface area contributed by atoms with Gasteiger partial charge in [-0.1, -0.05) is 18.2 Å². The van der Waals surface area contributed by atoms with Crippen LogP contribution in [0.25, 0.3) is 0 Å². The third kappa shape index (κ3) is 4.38. The normalized spacial score (nSPS) is 18.9. The zero-order chi connectivity index (χ0) is 18.6. The van der Waals surface area contributed by atoms with Gasteiger partial charge in [0.1, 0.15) is 0 Å². The Kier molecular flexibility index (Phi) is 5.85. The molecule has 1 saturated heterocycles. The van der Waals surface area contributed by atoms with Gasteiger partial charge < -0.3 is 0 Å². The minimum absolute atomic E-state index is 0.177. The van der Waals surface area contributed by atoms with E-state index in [-0.39, 0.29) is 17.3 Å². The first-order valence-corrected chi connectivity index (χ1v) is 10.7. The molecule has 1 N–H and O–H groups in total. The lowest BCUT2D eigenvalue weighted by atomic mass is 9.99. The molecule has 0 aliphatic carbocycles. The topological polar surface area (TPSA) is 78.8 Å². The van der Waals surface area contributed by atoms with Gasteiger partial charge in [0.25, 0.3) is 0 Å². The first-order chi connectivity index (χ1) is 12.5. The largest absolute Gasteiger partial charge is 0.273 e. The molecule has 0 saturated carbocycles. The molecule has 1 amide bonds. The average Bonchev–Trinajstić information content (AvgIpc) is 3.07. The molecular weight excluding hydrogens is 370 g/mol. The van der Waals surface area contributed by atoms with Crippen molar-refractivity contribution in [2.24, 2.45) is 11.0 Å². The average molecular weight is 392 g/mol. The van der Waals surface area contributed by atoms with E-state index in [1.165, 1.54) is 9.18 Å². The van der Waals surface area contributed by atoms with E-state index in [4.69, 9.17) is 0 Å². The number of benzene rings is 1. The lowest BCUT2D eigenvalue weighted by Gasteiger charge is -2.30. The minimum Gasteiger partial charge on any atom is -0.273 e. The molecule has 2 heterocycles. The second kappa shape index (κ2) is 8.11. The first-order valence-electron chi connectivity index (χ1n) is 8.41. The lowest BCUT2D eigenvalue weighted by Crippen LogP contribution is -2.44. The number of nitrogens with zero attached hydrogens (tertiary/aromatic N) is 2. The Balaban J connectivity index is 1.62. The summed E-state index contributed by atoms with van der Waals surface area (Å²) >= 11 is 1.59. The SMILES string of the molecule is Cc1ccc(/C=N\NC(=O)[C@@H]2CCCN(S(=O)(=O)c3ccccc3)C2)s1. The van der Waals surface area contributed by atoms with Crippen LogP contribution < -0.4 is 5.43 Å². The Hall–Kier alpha value is -2.03. The fourth-order valence-corrected chi connectivity index (χ4v) is 5.18. The number of nitrogens with one attached hydrogen (secondary N) is 1. The molecular formula is C18H21N3O3S2. The van der Waals surface area contributed by atoms with Crippen molar-refractivity contribution in [3.05, 3.63) is 52.2 Å². The highest BCUT2D eigenvalue weighted by Crippen LogP contribution is 2.23. The number of hydrogen-bond acceptors (Lipinski definition) is 5. The third-order valence-electron chi connectivity index (χ3n) is 4.26. The molecule has 6 nitrogen and oxygen atoms in total. The number of thiophene rings is 1. The quantitative estimate of drug-likeness (QED) is 0.629. The fourth-order valence-electron chi connectivity index (χ4n) is 2.89. The highest BCUT2D eigenvalue weighted by Gasteiger charge is 2.33. The van der Waals surface area contributed by atoms with Gasteiger partial charge in [0.05, 0.1) is 17.0 Å². The van der Waals surface area contributed by atoms with Crippen molar-refractivity contribution in [3.63, 3.8) is 0 Å². The summed E-state index contributed by atoms with van der Waals surface area (Å²) in [5, 5.41) is 3.99. The van der Waals surface area contributed by atoms with Crippen LogP contribution in [0.5, 0.6) is 0 Å². The van der Waals surface area contributed by atoms with E-state index in [0.29, 0.717) is 19.4 Å². The van der Waals surface area contributed by atoms with Crippen LogP contribution in [-0.4, -0.2) is 37.9 Å². The van der Waals surface area contributed by atoms with Crippen LogP contribution in [0.3, 0.4) is 0 Å². The highest BCUT2D eigenvalue weighted by atomic mass is 32.2. The number of aryl methyl sites for hydroxylation is 1. The number of carbonyl (C=O) groups is 1. The summed E-state index contributed by atoms with van der Waals surface area (Å²) in [6, 6.07) is 12.2. The monoisotopic (exact) mass is 391 g/mol. The fraction of sp³-hybridized carbons (Fsp3) is 0.333. The summed E-state index contributed by atoms with van der Waals surface area (Å²) in [6.07, 6.45) is 2.91. The summed E-state index contributed by atoms with van der Waals surface area (Å²) < 4.78 is 26.8. The summed E-state index contributed by atoms with van der Waals surface area (Å²) in [7, 11) is -3.57. The molecule has 0 bridgehead atoms. The van der Waals surface area contributed by atoms with Gasteiger partial charge in [-0.05, 0) is 44.0 Å². The van der Waals surface area contributed by atoms with E-state index < -0.39 is 15.9 Å². The van der Waals surface area contributed by atoms with Gasteiger partial charge in [-0.2, -0.15) is 9.41 Å². The van der Waals surface area contributed by atoms with E-state index in [2.05, 4.69) is 10.5 Å². The van der Waals surface area contributed by atoms with Gasteiger partial charge in [0, 0.05) is 22.8 Å². The molecule has 0 spiro atoms. The molecule has 1 fully saturated rings. The molecule has 2 aromatic rings. The van der Waals surface area contributed by atoms with Crippen LogP contribution in [0.1, 0.15) is 22.6 Å². The summed E-state index contributed by atoms with van der Waals surface area (Å²) in [4.78, 5) is 14.7. The Morgan fingerprint density at radius 3 is 2.73 bits per heavy atom. The number of hydrogen-bond donors (Lipinski definition) is 1. The molecule has 138 valence electrons. The van der Waals surface area contributed by atoms with Gasteiger partial charge in [0.15, 0.2) is 0 Å². The minimum atomic E-state index is -3.57. The Bertz CT molecular complexity index is 891. The molecule has 1 atom stereocenters. The third-order valence-corrected chi connectivity index (χ3v) is 7.08. The van der Waals surface area contributed by atoms with Gasteiger partial charge in [-0.25, -0.2) is 13.8 Å². The van der Waals surface area contributed by atoms with Crippen LogP contribution in [0.15, 0.2) is 52.5 Å². The van der Waals surface area contributed by atoms with Crippen molar-refractivity contribution in [3.8, 4) is 0 Å². The zero-order valence-electron chi connectivity index (χ0n) is 14.5. The Morgan fingerprint density at radius 1 is 1.27 bits per heavy atom. The van der Waals surface area contributed by atoms with Crippen LogP contribution >= 0.6 is 11.3 Å².